The van der Waals surface area contributed by atoms with E-state index >= 15 is 0 Å². The van der Waals surface area contributed by atoms with Crippen molar-refractivity contribution in [3.05, 3.63) is 33.8 Å². The van der Waals surface area contributed by atoms with Crippen molar-refractivity contribution in [2.24, 2.45) is 11.7 Å². The van der Waals surface area contributed by atoms with Crippen LogP contribution in [0.3, 0.4) is 0 Å². The Balaban J connectivity index is 2.80. The Morgan fingerprint density at radius 3 is 2.50 bits per heavy atom. The van der Waals surface area contributed by atoms with Crippen molar-refractivity contribution in [1.82, 2.24) is 0 Å². The Bertz CT molecular complexity index is 307. The summed E-state index contributed by atoms with van der Waals surface area (Å²) in [7, 11) is 0. The van der Waals surface area contributed by atoms with Gasteiger partial charge in [-0.15, -0.1) is 0 Å². The first-order valence-electron chi connectivity index (χ1n) is 5.02. The first kappa shape index (κ1) is 11.7. The van der Waals surface area contributed by atoms with E-state index in [1.807, 2.05) is 0 Å². The molecule has 0 bridgehead atoms. The minimum absolute atomic E-state index is 0.168. The quantitative estimate of drug-likeness (QED) is 0.874. The number of halogens is 1. The molecule has 0 aliphatic rings. The molecule has 1 rings (SSSR count). The van der Waals surface area contributed by atoms with Crippen LogP contribution in [0, 0.1) is 12.8 Å². The Morgan fingerprint density at radius 1 is 1.36 bits per heavy atom. The third kappa shape index (κ3) is 3.10. The van der Waals surface area contributed by atoms with Crippen molar-refractivity contribution in [3.63, 3.8) is 0 Å². The maximum Gasteiger partial charge on any atom is 0.0297 e. The Labute approximate surface area is 94.8 Å². The van der Waals surface area contributed by atoms with Crippen molar-refractivity contribution >= 4 is 15.9 Å². The highest BCUT2D eigenvalue weighted by Gasteiger charge is 2.08. The second kappa shape index (κ2) is 4.94. The van der Waals surface area contributed by atoms with Gasteiger partial charge in [0.25, 0.3) is 0 Å². The van der Waals surface area contributed by atoms with E-state index in [2.05, 4.69) is 54.9 Å². The number of benzene rings is 1. The minimum Gasteiger partial charge on any atom is -0.324 e. The molecule has 0 radical (unpaired) electrons. The molecule has 0 aromatic heterocycles. The SMILES string of the molecule is Cc1cc(C(N)CC(C)C)ccc1Br. The van der Waals surface area contributed by atoms with E-state index in [1.165, 1.54) is 11.1 Å². The van der Waals surface area contributed by atoms with Gasteiger partial charge in [-0.1, -0.05) is 41.9 Å². The molecule has 0 saturated carbocycles. The van der Waals surface area contributed by atoms with Gasteiger partial charge in [0, 0.05) is 10.5 Å². The maximum absolute atomic E-state index is 6.10. The van der Waals surface area contributed by atoms with Gasteiger partial charge in [0.15, 0.2) is 0 Å². The molecule has 2 heteroatoms. The number of aryl methyl sites for hydroxylation is 1. The van der Waals surface area contributed by atoms with Crippen molar-refractivity contribution < 1.29 is 0 Å². The molecule has 0 aliphatic carbocycles. The van der Waals surface area contributed by atoms with Crippen LogP contribution in [0.1, 0.15) is 37.4 Å². The standard InChI is InChI=1S/C12H18BrN/c1-8(2)6-12(14)10-4-5-11(13)9(3)7-10/h4-5,7-8,12H,6,14H2,1-3H3. The average Bonchev–Trinajstić information content (AvgIpc) is 2.08. The smallest absolute Gasteiger partial charge is 0.0297 e. The average molecular weight is 256 g/mol. The zero-order valence-corrected chi connectivity index (χ0v) is 10.6. The molecule has 1 aromatic rings. The molecule has 0 heterocycles. The molecule has 1 aromatic carbocycles. The molecule has 0 spiro atoms. The lowest BCUT2D eigenvalue weighted by Gasteiger charge is -2.15. The van der Waals surface area contributed by atoms with Gasteiger partial charge in [0.2, 0.25) is 0 Å². The third-order valence-electron chi connectivity index (χ3n) is 2.34. The van der Waals surface area contributed by atoms with Crippen LogP contribution in [0.5, 0.6) is 0 Å². The van der Waals surface area contributed by atoms with Gasteiger partial charge in [0.1, 0.15) is 0 Å². The van der Waals surface area contributed by atoms with Crippen LogP contribution >= 0.6 is 15.9 Å². The Morgan fingerprint density at radius 2 is 2.00 bits per heavy atom. The Kier molecular flexibility index (Phi) is 4.14. The summed E-state index contributed by atoms with van der Waals surface area (Å²) >= 11 is 3.49. The fourth-order valence-corrected chi connectivity index (χ4v) is 1.79. The van der Waals surface area contributed by atoms with Gasteiger partial charge in [-0.25, -0.2) is 0 Å². The topological polar surface area (TPSA) is 26.0 Å². The fourth-order valence-electron chi connectivity index (χ4n) is 1.54. The number of nitrogens with two attached hydrogens (primary N) is 1. The van der Waals surface area contributed by atoms with E-state index in [1.54, 1.807) is 0 Å². The van der Waals surface area contributed by atoms with Gasteiger partial charge < -0.3 is 5.73 Å². The van der Waals surface area contributed by atoms with Crippen molar-refractivity contribution in [2.45, 2.75) is 33.2 Å². The first-order valence-corrected chi connectivity index (χ1v) is 5.81. The van der Waals surface area contributed by atoms with Crippen LogP contribution in [-0.2, 0) is 0 Å². The summed E-state index contributed by atoms with van der Waals surface area (Å²) in [5.74, 6) is 0.647. The molecular weight excluding hydrogens is 238 g/mol. The second-order valence-electron chi connectivity index (χ2n) is 4.24. The molecular formula is C12H18BrN. The molecule has 0 aliphatic heterocycles. The molecule has 1 unspecified atom stereocenters. The van der Waals surface area contributed by atoms with E-state index in [9.17, 15) is 0 Å². The van der Waals surface area contributed by atoms with Crippen LogP contribution in [0.15, 0.2) is 22.7 Å². The fraction of sp³-hybridized carbons (Fsp3) is 0.500. The Hall–Kier alpha value is -0.340. The van der Waals surface area contributed by atoms with E-state index in [4.69, 9.17) is 5.73 Å². The van der Waals surface area contributed by atoms with E-state index in [0.717, 1.165) is 10.9 Å². The van der Waals surface area contributed by atoms with Crippen LogP contribution in [-0.4, -0.2) is 0 Å². The summed E-state index contributed by atoms with van der Waals surface area (Å²) < 4.78 is 1.15. The monoisotopic (exact) mass is 255 g/mol. The molecule has 2 N–H and O–H groups in total. The van der Waals surface area contributed by atoms with Gasteiger partial charge in [0.05, 0.1) is 0 Å². The molecule has 14 heavy (non-hydrogen) atoms. The zero-order chi connectivity index (χ0) is 10.7. The molecule has 0 fully saturated rings. The summed E-state index contributed by atoms with van der Waals surface area (Å²) in [6, 6.07) is 6.51. The van der Waals surface area contributed by atoms with Crippen LogP contribution in [0.4, 0.5) is 0 Å². The second-order valence-corrected chi connectivity index (χ2v) is 5.10. The van der Waals surface area contributed by atoms with Gasteiger partial charge >= 0.3 is 0 Å². The lowest BCUT2D eigenvalue weighted by Crippen LogP contribution is -2.12. The largest absolute Gasteiger partial charge is 0.324 e. The van der Waals surface area contributed by atoms with Crippen molar-refractivity contribution in [2.75, 3.05) is 0 Å². The number of hydrogen-bond acceptors (Lipinski definition) is 1. The third-order valence-corrected chi connectivity index (χ3v) is 3.23. The van der Waals surface area contributed by atoms with E-state index < -0.39 is 0 Å². The maximum atomic E-state index is 6.10. The molecule has 0 amide bonds. The highest BCUT2D eigenvalue weighted by atomic mass is 79.9. The number of hydrogen-bond donors (Lipinski definition) is 1. The van der Waals surface area contributed by atoms with Crippen LogP contribution in [0.25, 0.3) is 0 Å². The predicted octanol–water partition coefficient (Wildman–Crippen LogP) is 3.80. The van der Waals surface area contributed by atoms with Crippen LogP contribution < -0.4 is 5.73 Å². The highest BCUT2D eigenvalue weighted by Crippen LogP contribution is 2.23. The van der Waals surface area contributed by atoms with Crippen LogP contribution in [0.2, 0.25) is 0 Å². The molecule has 1 atom stereocenters. The highest BCUT2D eigenvalue weighted by molar-refractivity contribution is 9.10. The zero-order valence-electron chi connectivity index (χ0n) is 9.05. The molecule has 0 saturated heterocycles. The summed E-state index contributed by atoms with van der Waals surface area (Å²) in [4.78, 5) is 0. The van der Waals surface area contributed by atoms with E-state index in [-0.39, 0.29) is 6.04 Å². The summed E-state index contributed by atoms with van der Waals surface area (Å²) in [5.41, 5.74) is 8.59. The van der Waals surface area contributed by atoms with Crippen molar-refractivity contribution in [3.8, 4) is 0 Å². The molecule has 78 valence electrons. The van der Waals surface area contributed by atoms with E-state index in [0.29, 0.717) is 5.92 Å². The predicted molar refractivity (Wildman–Crippen MR) is 65.3 cm³/mol. The van der Waals surface area contributed by atoms with Gasteiger partial charge in [-0.05, 0) is 36.5 Å². The number of rotatable bonds is 3. The lowest BCUT2D eigenvalue weighted by atomic mass is 9.97. The summed E-state index contributed by atoms with van der Waals surface area (Å²) in [6.45, 7) is 6.49. The lowest BCUT2D eigenvalue weighted by molar-refractivity contribution is 0.510. The summed E-state index contributed by atoms with van der Waals surface area (Å²) in [5, 5.41) is 0. The normalized spacial score (nSPS) is 13.3. The molecule has 1 nitrogen and oxygen atoms in total. The van der Waals surface area contributed by atoms with Crippen molar-refractivity contribution in [1.29, 1.82) is 0 Å². The summed E-state index contributed by atoms with van der Waals surface area (Å²) in [6.07, 6.45) is 1.04. The van der Waals surface area contributed by atoms with Gasteiger partial charge in [-0.3, -0.25) is 0 Å². The minimum atomic E-state index is 0.168. The first-order chi connectivity index (χ1) is 6.50. The van der Waals surface area contributed by atoms with Gasteiger partial charge in [-0.2, -0.15) is 0 Å².